The number of carboxylic acid groups (broad SMARTS) is 1. The summed E-state index contributed by atoms with van der Waals surface area (Å²) in [6.45, 7) is 7.25. The fraction of sp³-hybridized carbons (Fsp3) is 0.562. The number of hydrogen-bond acceptors (Lipinski definition) is 6. The predicted octanol–water partition coefficient (Wildman–Crippen LogP) is -0.0948. The highest BCUT2D eigenvalue weighted by atomic mass is 31.0. The van der Waals surface area contributed by atoms with Crippen LogP contribution in [0, 0.1) is 0 Å². The number of allylic oxidation sites excluding steroid dienone is 1. The number of carbonyl (C=O) groups is 3. The van der Waals surface area contributed by atoms with Gasteiger partial charge >= 0.3 is 5.97 Å². The molecule has 0 bridgehead atoms. The normalized spacial score (nSPS) is 22.8. The molecule has 0 saturated carbocycles. The van der Waals surface area contributed by atoms with Gasteiger partial charge in [0.05, 0.1) is 11.4 Å². The van der Waals surface area contributed by atoms with Gasteiger partial charge in [-0.15, -0.1) is 9.24 Å². The van der Waals surface area contributed by atoms with E-state index in [2.05, 4.69) is 9.24 Å². The average molecular weight is 351 g/mol. The summed E-state index contributed by atoms with van der Waals surface area (Å²) in [5, 5.41) is 8.16. The predicted molar refractivity (Wildman–Crippen MR) is 91.3 cm³/mol. The first-order chi connectivity index (χ1) is 11.4. The lowest BCUT2D eigenvalue weighted by Gasteiger charge is -2.21. The molecule has 24 heavy (non-hydrogen) atoms. The molecule has 0 aromatic carbocycles. The van der Waals surface area contributed by atoms with Gasteiger partial charge in [0.25, 0.3) is 0 Å². The van der Waals surface area contributed by atoms with E-state index in [0.717, 1.165) is 39.3 Å². The van der Waals surface area contributed by atoms with Crippen molar-refractivity contribution >= 4 is 26.8 Å². The van der Waals surface area contributed by atoms with Crippen LogP contribution in [0.2, 0.25) is 0 Å². The number of ketones is 2. The Balaban J connectivity index is 0.000000209. The zero-order valence-corrected chi connectivity index (χ0v) is 14.9. The molecule has 130 valence electrons. The van der Waals surface area contributed by atoms with E-state index in [9.17, 15) is 14.4 Å². The Morgan fingerprint density at radius 1 is 1.08 bits per heavy atom. The lowest BCUT2D eigenvalue weighted by molar-refractivity contribution is -0.136. The smallest absolute Gasteiger partial charge is 0.310 e. The molecule has 3 aliphatic heterocycles. The number of carbonyl (C=O) groups excluding carboxylic acids is 2. The molecule has 2 atom stereocenters. The highest BCUT2D eigenvalue weighted by Crippen LogP contribution is 2.33. The van der Waals surface area contributed by atoms with Gasteiger partial charge in [-0.05, 0) is 6.42 Å². The third-order valence-electron chi connectivity index (χ3n) is 4.25. The molecule has 3 saturated heterocycles. The second-order valence-electron chi connectivity index (χ2n) is 6.23. The van der Waals surface area contributed by atoms with Gasteiger partial charge in [-0.1, -0.05) is 6.92 Å². The minimum atomic E-state index is -0.743. The van der Waals surface area contributed by atoms with Crippen molar-refractivity contribution in [3.8, 4) is 0 Å². The van der Waals surface area contributed by atoms with Gasteiger partial charge in [0, 0.05) is 45.3 Å². The molecular weight excluding hydrogens is 329 g/mol. The third kappa shape index (κ3) is 3.61. The van der Waals surface area contributed by atoms with Crippen molar-refractivity contribution in [2.24, 2.45) is 0 Å². The minimum absolute atomic E-state index is 0.00546. The molecule has 1 N–H and O–H groups in total. The highest BCUT2D eigenvalue weighted by molar-refractivity contribution is 7.19. The average Bonchev–Trinajstić information content (AvgIpc) is 3.41. The fourth-order valence-corrected chi connectivity index (χ4v) is 2.45. The van der Waals surface area contributed by atoms with E-state index >= 15 is 0 Å². The fourth-order valence-electron chi connectivity index (χ4n) is 2.45. The zero-order chi connectivity index (χ0) is 17.4. The van der Waals surface area contributed by atoms with Gasteiger partial charge in [0.1, 0.15) is 11.4 Å². The van der Waals surface area contributed by atoms with Crippen molar-refractivity contribution in [3.63, 3.8) is 0 Å². The van der Waals surface area contributed by atoms with Gasteiger partial charge in [-0.3, -0.25) is 14.4 Å². The van der Waals surface area contributed by atoms with Crippen LogP contribution in [0.3, 0.4) is 0 Å². The molecule has 8 heteroatoms. The molecule has 0 amide bonds. The number of rotatable bonds is 5. The van der Waals surface area contributed by atoms with Crippen molar-refractivity contribution in [3.05, 3.63) is 23.2 Å². The summed E-state index contributed by atoms with van der Waals surface area (Å²) in [4.78, 5) is 40.4. The van der Waals surface area contributed by atoms with Crippen molar-refractivity contribution in [2.75, 3.05) is 39.3 Å². The summed E-state index contributed by atoms with van der Waals surface area (Å²) in [5.74, 6) is -0.695. The summed E-state index contributed by atoms with van der Waals surface area (Å²) in [6, 6.07) is 0. The minimum Gasteiger partial charge on any atom is -0.481 e. The summed E-state index contributed by atoms with van der Waals surface area (Å²) >= 11 is 0. The SMILES string of the molecule is CCC(P)C(=O)O.O=C1C=C(N2CC2)C(=O)C(N2CC2)=C1N1CC1. The third-order valence-corrected chi connectivity index (χ3v) is 5.00. The first-order valence-corrected chi connectivity index (χ1v) is 8.89. The number of hydrogen-bond donors (Lipinski definition) is 1. The van der Waals surface area contributed by atoms with E-state index in [1.165, 1.54) is 6.08 Å². The summed E-state index contributed by atoms with van der Waals surface area (Å²) in [5.41, 5.74) is 1.62. The van der Waals surface area contributed by atoms with Crippen LogP contribution in [-0.4, -0.2) is 82.3 Å². The Morgan fingerprint density at radius 3 is 1.96 bits per heavy atom. The van der Waals surface area contributed by atoms with E-state index in [1.54, 1.807) is 0 Å². The monoisotopic (exact) mass is 351 g/mol. The first kappa shape index (κ1) is 17.0. The molecule has 4 aliphatic rings. The van der Waals surface area contributed by atoms with Gasteiger partial charge in [-0.2, -0.15) is 0 Å². The van der Waals surface area contributed by atoms with Crippen LogP contribution >= 0.6 is 9.24 Å². The topological polar surface area (TPSA) is 80.5 Å². The Bertz CT molecular complexity index is 646. The summed E-state index contributed by atoms with van der Waals surface area (Å²) in [7, 11) is 2.25. The molecule has 0 radical (unpaired) electrons. The number of nitrogens with zero attached hydrogens (tertiary/aromatic N) is 3. The van der Waals surface area contributed by atoms with Crippen LogP contribution in [0.4, 0.5) is 0 Å². The lowest BCUT2D eigenvalue weighted by atomic mass is 10.0. The molecule has 7 nitrogen and oxygen atoms in total. The molecule has 3 fully saturated rings. The van der Waals surface area contributed by atoms with E-state index in [4.69, 9.17) is 5.11 Å². The van der Waals surface area contributed by atoms with Crippen LogP contribution < -0.4 is 0 Å². The van der Waals surface area contributed by atoms with Gasteiger partial charge < -0.3 is 19.8 Å². The van der Waals surface area contributed by atoms with Crippen LogP contribution in [0.1, 0.15) is 13.3 Å². The maximum Gasteiger partial charge on any atom is 0.310 e. The molecule has 1 aliphatic carbocycles. The Hall–Kier alpha value is -1.88. The van der Waals surface area contributed by atoms with Gasteiger partial charge in [0.15, 0.2) is 0 Å². The largest absolute Gasteiger partial charge is 0.481 e. The van der Waals surface area contributed by atoms with Crippen LogP contribution in [0.15, 0.2) is 23.2 Å². The van der Waals surface area contributed by atoms with E-state index in [1.807, 2.05) is 21.6 Å². The lowest BCUT2D eigenvalue weighted by Crippen LogP contribution is -2.29. The maximum atomic E-state index is 12.4. The number of carboxylic acids is 1. The van der Waals surface area contributed by atoms with Crippen molar-refractivity contribution in [1.82, 2.24) is 14.7 Å². The van der Waals surface area contributed by atoms with Crippen LogP contribution in [0.5, 0.6) is 0 Å². The molecule has 0 spiro atoms. The van der Waals surface area contributed by atoms with Gasteiger partial charge in [0.2, 0.25) is 11.6 Å². The van der Waals surface area contributed by atoms with Gasteiger partial charge in [-0.25, -0.2) is 0 Å². The van der Waals surface area contributed by atoms with E-state index in [-0.39, 0.29) is 17.2 Å². The Morgan fingerprint density at radius 2 is 1.58 bits per heavy atom. The maximum absolute atomic E-state index is 12.4. The second kappa shape index (κ2) is 6.55. The second-order valence-corrected chi connectivity index (χ2v) is 7.04. The zero-order valence-electron chi connectivity index (χ0n) is 13.7. The van der Waals surface area contributed by atoms with Crippen molar-refractivity contribution in [1.29, 1.82) is 0 Å². The Labute approximate surface area is 143 Å². The van der Waals surface area contributed by atoms with E-state index in [0.29, 0.717) is 23.5 Å². The molecule has 4 rings (SSSR count). The summed E-state index contributed by atoms with van der Waals surface area (Å²) < 4.78 is 0. The number of Topliss-reactive ketones (excluding diaryl/α,β-unsaturated/α-hetero) is 1. The van der Waals surface area contributed by atoms with Crippen LogP contribution in [0.25, 0.3) is 0 Å². The first-order valence-electron chi connectivity index (χ1n) is 8.22. The number of aliphatic carboxylic acids is 1. The Kier molecular flexibility index (Phi) is 4.63. The molecule has 0 aromatic heterocycles. The van der Waals surface area contributed by atoms with Crippen LogP contribution in [-0.2, 0) is 14.4 Å². The van der Waals surface area contributed by atoms with E-state index < -0.39 is 5.97 Å². The quantitative estimate of drug-likeness (QED) is 0.421. The molecule has 0 aromatic rings. The summed E-state index contributed by atoms with van der Waals surface area (Å²) in [6.07, 6.45) is 2.20. The standard InChI is InChI=1S/C12H13N3O2.C4H9O2P/c16-9-7-8(13-1-2-13)12(17)11(15-5-6-15)10(9)14-3-4-14;1-2-3(7)4(5)6/h7H,1-6H2;3H,2,7H2,1H3,(H,5,6). The molecule has 2 unspecified atom stereocenters. The molecular formula is C16H22N3O4P. The van der Waals surface area contributed by atoms with Crippen molar-refractivity contribution in [2.45, 2.75) is 19.0 Å². The highest BCUT2D eigenvalue weighted by Gasteiger charge is 2.43. The molecule has 3 heterocycles. The van der Waals surface area contributed by atoms with Crippen molar-refractivity contribution < 1.29 is 19.5 Å².